The molecular weight excluding hydrogens is 493 g/mol. The molecule has 1 spiro atoms. The first-order valence-corrected chi connectivity index (χ1v) is 12.6. The maximum Gasteiger partial charge on any atom is 0.430 e. The molecule has 192 valence electrons. The Morgan fingerprint density at radius 3 is 2.25 bits per heavy atom. The number of aliphatic hydroxyl groups is 1. The third-order valence-electron chi connectivity index (χ3n) is 8.26. The number of benzene rings is 2. The minimum atomic E-state index is -5.11. The van der Waals surface area contributed by atoms with E-state index in [4.69, 9.17) is 11.6 Å². The Bertz CT molecular complexity index is 1140. The Balaban J connectivity index is 1.15. The second-order valence-corrected chi connectivity index (χ2v) is 10.9. The lowest BCUT2D eigenvalue weighted by molar-refractivity contribution is -0.267. The van der Waals surface area contributed by atoms with Gasteiger partial charge in [0, 0.05) is 35.7 Å². The van der Waals surface area contributed by atoms with Crippen LogP contribution < -0.4 is 0 Å². The second-order valence-electron chi connectivity index (χ2n) is 10.5. The van der Waals surface area contributed by atoms with Crippen molar-refractivity contribution in [2.45, 2.75) is 49.4 Å². The lowest BCUT2D eigenvalue weighted by Gasteiger charge is -2.62. The maximum absolute atomic E-state index is 13.8. The van der Waals surface area contributed by atoms with Crippen molar-refractivity contribution < 1.29 is 27.9 Å². The van der Waals surface area contributed by atoms with E-state index in [0.717, 1.165) is 67.7 Å². The van der Waals surface area contributed by atoms with Crippen molar-refractivity contribution in [2.75, 3.05) is 26.2 Å². The molecule has 1 atom stereocenters. The molecule has 1 amide bonds. The van der Waals surface area contributed by atoms with Crippen LogP contribution in [0.1, 0.15) is 53.1 Å². The molecule has 0 aromatic heterocycles. The van der Waals surface area contributed by atoms with E-state index in [9.17, 15) is 27.9 Å². The smallest absolute Gasteiger partial charge is 0.369 e. The molecule has 2 aliphatic heterocycles. The second kappa shape index (κ2) is 9.15. The first kappa shape index (κ1) is 25.2. The summed E-state index contributed by atoms with van der Waals surface area (Å²) in [5.41, 5.74) is -2.52. The van der Waals surface area contributed by atoms with Crippen molar-refractivity contribution in [1.29, 1.82) is 0 Å². The topological polar surface area (TPSA) is 60.9 Å². The zero-order valence-corrected chi connectivity index (χ0v) is 20.4. The van der Waals surface area contributed by atoms with Gasteiger partial charge in [0.15, 0.2) is 6.29 Å². The fourth-order valence-corrected chi connectivity index (χ4v) is 6.40. The number of piperidine rings is 1. The van der Waals surface area contributed by atoms with Gasteiger partial charge in [-0.1, -0.05) is 48.0 Å². The van der Waals surface area contributed by atoms with Gasteiger partial charge in [0.25, 0.3) is 11.5 Å². The summed E-state index contributed by atoms with van der Waals surface area (Å²) in [7, 11) is 0. The molecule has 1 aliphatic carbocycles. The van der Waals surface area contributed by atoms with Gasteiger partial charge in [-0.05, 0) is 62.4 Å². The molecular formula is C27H28ClF3N2O3. The Hall–Kier alpha value is -2.42. The molecule has 2 saturated heterocycles. The summed E-state index contributed by atoms with van der Waals surface area (Å²) in [5, 5.41) is 11.0. The zero-order chi connectivity index (χ0) is 25.7. The van der Waals surface area contributed by atoms with Crippen molar-refractivity contribution in [3.8, 4) is 0 Å². The number of likely N-dealkylation sites (tertiary alicyclic amines) is 2. The number of amides is 1. The van der Waals surface area contributed by atoms with Crippen molar-refractivity contribution in [1.82, 2.24) is 9.80 Å². The largest absolute Gasteiger partial charge is 0.430 e. The summed E-state index contributed by atoms with van der Waals surface area (Å²) in [4.78, 5) is 27.4. The normalized spacial score (nSPS) is 22.5. The average molecular weight is 521 g/mol. The molecule has 2 heterocycles. The van der Waals surface area contributed by atoms with Gasteiger partial charge >= 0.3 is 6.18 Å². The summed E-state index contributed by atoms with van der Waals surface area (Å²) in [6, 6.07) is 12.5. The van der Waals surface area contributed by atoms with Gasteiger partial charge in [0.1, 0.15) is 0 Å². The first-order valence-electron chi connectivity index (χ1n) is 12.2. The van der Waals surface area contributed by atoms with Crippen LogP contribution >= 0.6 is 11.6 Å². The van der Waals surface area contributed by atoms with E-state index >= 15 is 0 Å². The predicted molar refractivity (Wildman–Crippen MR) is 129 cm³/mol. The van der Waals surface area contributed by atoms with Crippen molar-refractivity contribution >= 4 is 23.8 Å². The van der Waals surface area contributed by atoms with E-state index in [1.807, 2.05) is 12.1 Å². The summed E-state index contributed by atoms with van der Waals surface area (Å²) < 4.78 is 41.5. The van der Waals surface area contributed by atoms with E-state index in [1.165, 1.54) is 12.1 Å². The summed E-state index contributed by atoms with van der Waals surface area (Å²) in [5.74, 6) is -0.918. The van der Waals surface area contributed by atoms with Gasteiger partial charge in [-0.2, -0.15) is 13.2 Å². The Morgan fingerprint density at radius 2 is 1.69 bits per heavy atom. The van der Waals surface area contributed by atoms with Crippen LogP contribution in [0.2, 0.25) is 5.02 Å². The van der Waals surface area contributed by atoms with Crippen LogP contribution in [0.25, 0.3) is 0 Å². The standard InChI is InChI=1S/C27H28ClF3N2O3/c28-23-12-19(6-7-20(23)15-34)18-8-10-32(11-9-18)22-13-25(14-22)16-33(17-25)24(35)26(36,27(29,30)31)21-4-2-1-3-5-21/h1-7,12,15,18,22,36H,8-11,13-14,16-17H2. The molecule has 5 rings (SSSR count). The number of nitrogens with zero attached hydrogens (tertiary/aromatic N) is 2. The maximum atomic E-state index is 13.8. The molecule has 9 heteroatoms. The van der Waals surface area contributed by atoms with Crippen LogP contribution in [0, 0.1) is 5.41 Å². The molecule has 2 aromatic carbocycles. The monoisotopic (exact) mass is 520 g/mol. The van der Waals surface area contributed by atoms with Crippen LogP contribution in [-0.4, -0.2) is 65.5 Å². The van der Waals surface area contributed by atoms with Crippen LogP contribution in [0.3, 0.4) is 0 Å². The van der Waals surface area contributed by atoms with Crippen molar-refractivity contribution in [2.24, 2.45) is 5.41 Å². The Morgan fingerprint density at radius 1 is 1.06 bits per heavy atom. The van der Waals surface area contributed by atoms with Gasteiger partial charge in [-0.25, -0.2) is 0 Å². The molecule has 0 bridgehead atoms. The molecule has 0 radical (unpaired) electrons. The van der Waals surface area contributed by atoms with Crippen LogP contribution in [0.4, 0.5) is 13.2 Å². The van der Waals surface area contributed by atoms with Gasteiger partial charge in [0.05, 0.1) is 5.02 Å². The molecule has 1 N–H and O–H groups in total. The van der Waals surface area contributed by atoms with Gasteiger partial charge in [-0.15, -0.1) is 0 Å². The van der Waals surface area contributed by atoms with Gasteiger partial charge in [0.2, 0.25) is 0 Å². The first-order chi connectivity index (χ1) is 17.1. The third kappa shape index (κ3) is 4.23. The number of carbonyl (C=O) groups is 2. The number of alkyl halides is 3. The predicted octanol–water partition coefficient (Wildman–Crippen LogP) is 4.77. The summed E-state index contributed by atoms with van der Waals surface area (Å²) in [6.07, 6.45) is -0.727. The number of hydrogen-bond donors (Lipinski definition) is 1. The van der Waals surface area contributed by atoms with E-state index in [2.05, 4.69) is 4.90 Å². The molecule has 5 nitrogen and oxygen atoms in total. The molecule has 1 saturated carbocycles. The van der Waals surface area contributed by atoms with Crippen molar-refractivity contribution in [3.05, 3.63) is 70.2 Å². The van der Waals surface area contributed by atoms with Crippen molar-refractivity contribution in [3.63, 3.8) is 0 Å². The highest BCUT2D eigenvalue weighted by Gasteiger charge is 2.65. The Labute approximate surface area is 212 Å². The molecule has 36 heavy (non-hydrogen) atoms. The van der Waals surface area contributed by atoms with E-state index < -0.39 is 23.2 Å². The SMILES string of the molecule is O=Cc1ccc(C2CCN(C3CC4(C3)CN(C(=O)C(O)(c3ccccc3)C(F)(F)F)C4)CC2)cc1Cl. The fraction of sp³-hybridized carbons (Fsp3) is 0.481. The Kier molecular flexibility index (Phi) is 6.42. The van der Waals surface area contributed by atoms with E-state index in [1.54, 1.807) is 12.1 Å². The number of halogens is 4. The number of hydrogen-bond acceptors (Lipinski definition) is 4. The van der Waals surface area contributed by atoms with E-state index in [-0.39, 0.29) is 18.5 Å². The molecule has 3 aliphatic rings. The molecule has 3 fully saturated rings. The summed E-state index contributed by atoms with van der Waals surface area (Å²) in [6.45, 7) is 2.32. The van der Waals surface area contributed by atoms with Gasteiger partial charge in [-0.3, -0.25) is 9.59 Å². The lowest BCUT2D eigenvalue weighted by atomic mass is 9.59. The van der Waals surface area contributed by atoms with Crippen LogP contribution in [-0.2, 0) is 10.4 Å². The van der Waals surface area contributed by atoms with Crippen LogP contribution in [0.5, 0.6) is 0 Å². The highest BCUT2D eigenvalue weighted by molar-refractivity contribution is 6.33. The number of rotatable bonds is 5. The highest BCUT2D eigenvalue weighted by Crippen LogP contribution is 2.53. The minimum absolute atomic E-state index is 0.154. The highest BCUT2D eigenvalue weighted by atomic mass is 35.5. The van der Waals surface area contributed by atoms with Crippen LogP contribution in [0.15, 0.2) is 48.5 Å². The number of aldehydes is 1. The molecule has 1 unspecified atom stereocenters. The molecule has 2 aromatic rings. The average Bonchev–Trinajstić information content (AvgIpc) is 2.81. The zero-order valence-electron chi connectivity index (χ0n) is 19.7. The van der Waals surface area contributed by atoms with E-state index in [0.29, 0.717) is 22.5 Å². The lowest BCUT2D eigenvalue weighted by Crippen LogP contribution is -2.71. The van der Waals surface area contributed by atoms with Gasteiger partial charge < -0.3 is 14.9 Å². The summed E-state index contributed by atoms with van der Waals surface area (Å²) >= 11 is 6.19. The fourth-order valence-electron chi connectivity index (χ4n) is 6.17. The quantitative estimate of drug-likeness (QED) is 0.577. The third-order valence-corrected chi connectivity index (χ3v) is 8.58. The minimum Gasteiger partial charge on any atom is -0.369 e. The number of carbonyl (C=O) groups excluding carboxylic acids is 2.